The number of nitrogens with zero attached hydrogens (tertiary/aromatic N) is 1. The zero-order valence-corrected chi connectivity index (χ0v) is 10.1. The van der Waals surface area contributed by atoms with Crippen molar-refractivity contribution in [2.75, 3.05) is 39.5 Å². The average molecular weight is 243 g/mol. The molecule has 0 saturated carbocycles. The van der Waals surface area contributed by atoms with Gasteiger partial charge in [0.2, 0.25) is 5.91 Å². The molecule has 0 aromatic heterocycles. The van der Waals surface area contributed by atoms with Crippen LogP contribution in [0.1, 0.15) is 19.3 Å². The highest BCUT2D eigenvalue weighted by atomic mass is 16.5. The first-order chi connectivity index (χ1) is 8.33. The largest absolute Gasteiger partial charge is 0.395 e. The summed E-state index contributed by atoms with van der Waals surface area (Å²) < 4.78 is 10.8. The maximum atomic E-state index is 12.3. The Morgan fingerprint density at radius 3 is 2.65 bits per heavy atom. The molecule has 0 aliphatic carbocycles. The first-order valence-corrected chi connectivity index (χ1v) is 6.42. The fraction of sp³-hybridized carbons (Fsp3) is 0.917. The molecular formula is C12H21NO4. The minimum atomic E-state index is -0.395. The Labute approximate surface area is 102 Å². The van der Waals surface area contributed by atoms with E-state index < -0.39 is 5.92 Å². The summed E-state index contributed by atoms with van der Waals surface area (Å²) in [4.78, 5) is 14.0. The van der Waals surface area contributed by atoms with E-state index in [0.717, 1.165) is 19.3 Å². The summed E-state index contributed by atoms with van der Waals surface area (Å²) >= 11 is 0. The molecule has 0 radical (unpaired) electrons. The lowest BCUT2D eigenvalue weighted by molar-refractivity contribution is -0.149. The zero-order chi connectivity index (χ0) is 12.1. The smallest absolute Gasteiger partial charge is 0.230 e. The van der Waals surface area contributed by atoms with E-state index in [1.165, 1.54) is 0 Å². The van der Waals surface area contributed by atoms with E-state index in [2.05, 4.69) is 0 Å². The van der Waals surface area contributed by atoms with Gasteiger partial charge in [-0.2, -0.15) is 0 Å². The van der Waals surface area contributed by atoms with Crippen LogP contribution in [0, 0.1) is 5.92 Å². The SMILES string of the molecule is O=C([C@H](CO)C1CCCCO1)N1CCOCC1. The van der Waals surface area contributed by atoms with Gasteiger partial charge in [0.05, 0.1) is 31.8 Å². The van der Waals surface area contributed by atoms with Crippen molar-refractivity contribution in [2.24, 2.45) is 5.92 Å². The van der Waals surface area contributed by atoms with Gasteiger partial charge in [-0.25, -0.2) is 0 Å². The second-order valence-corrected chi connectivity index (χ2v) is 4.63. The Morgan fingerprint density at radius 2 is 2.06 bits per heavy atom. The summed E-state index contributed by atoms with van der Waals surface area (Å²) in [6, 6.07) is 0. The van der Waals surface area contributed by atoms with Gasteiger partial charge in [0, 0.05) is 19.7 Å². The molecule has 5 heteroatoms. The van der Waals surface area contributed by atoms with Crippen molar-refractivity contribution in [3.8, 4) is 0 Å². The molecule has 2 fully saturated rings. The number of rotatable bonds is 3. The van der Waals surface area contributed by atoms with Gasteiger partial charge in [-0.05, 0) is 19.3 Å². The number of carbonyl (C=O) groups excluding carboxylic acids is 1. The lowest BCUT2D eigenvalue weighted by Crippen LogP contribution is -2.48. The third kappa shape index (κ3) is 3.18. The Morgan fingerprint density at radius 1 is 1.29 bits per heavy atom. The Balaban J connectivity index is 1.93. The lowest BCUT2D eigenvalue weighted by Gasteiger charge is -2.34. The summed E-state index contributed by atoms with van der Waals surface area (Å²) in [7, 11) is 0. The molecular weight excluding hydrogens is 222 g/mol. The van der Waals surface area contributed by atoms with Crippen LogP contribution < -0.4 is 0 Å². The maximum Gasteiger partial charge on any atom is 0.230 e. The molecule has 17 heavy (non-hydrogen) atoms. The van der Waals surface area contributed by atoms with Crippen LogP contribution in [-0.4, -0.2) is 61.5 Å². The van der Waals surface area contributed by atoms with Crippen LogP contribution in [-0.2, 0) is 14.3 Å². The van der Waals surface area contributed by atoms with Crippen LogP contribution in [0.3, 0.4) is 0 Å². The predicted octanol–water partition coefficient (Wildman–Crippen LogP) is 0.0228. The van der Waals surface area contributed by atoms with Crippen LogP contribution in [0.15, 0.2) is 0 Å². The molecule has 2 aliphatic heterocycles. The number of carbonyl (C=O) groups is 1. The zero-order valence-electron chi connectivity index (χ0n) is 10.1. The molecule has 0 spiro atoms. The molecule has 1 unspecified atom stereocenters. The van der Waals surface area contributed by atoms with Gasteiger partial charge in [-0.1, -0.05) is 0 Å². The number of hydrogen-bond acceptors (Lipinski definition) is 4. The van der Waals surface area contributed by atoms with Crippen molar-refractivity contribution < 1.29 is 19.4 Å². The minimum absolute atomic E-state index is 0.0164. The number of morpholine rings is 1. The van der Waals surface area contributed by atoms with Crippen LogP contribution in [0.5, 0.6) is 0 Å². The minimum Gasteiger partial charge on any atom is -0.395 e. The lowest BCUT2D eigenvalue weighted by atomic mass is 9.95. The van der Waals surface area contributed by atoms with Crippen LogP contribution in [0.25, 0.3) is 0 Å². The van der Waals surface area contributed by atoms with Crippen molar-refractivity contribution in [1.29, 1.82) is 0 Å². The van der Waals surface area contributed by atoms with E-state index in [1.54, 1.807) is 4.90 Å². The summed E-state index contributed by atoms with van der Waals surface area (Å²) in [6.07, 6.45) is 2.91. The van der Waals surface area contributed by atoms with Gasteiger partial charge in [0.25, 0.3) is 0 Å². The molecule has 5 nitrogen and oxygen atoms in total. The first-order valence-electron chi connectivity index (χ1n) is 6.42. The number of aliphatic hydroxyl groups excluding tert-OH is 1. The topological polar surface area (TPSA) is 59.0 Å². The van der Waals surface area contributed by atoms with E-state index in [0.29, 0.717) is 32.9 Å². The van der Waals surface area contributed by atoms with Crippen molar-refractivity contribution in [3.63, 3.8) is 0 Å². The second kappa shape index (κ2) is 6.33. The van der Waals surface area contributed by atoms with Gasteiger partial charge >= 0.3 is 0 Å². The third-order valence-corrected chi connectivity index (χ3v) is 3.50. The van der Waals surface area contributed by atoms with Crippen molar-refractivity contribution >= 4 is 5.91 Å². The first kappa shape index (κ1) is 12.8. The standard InChI is InChI=1S/C12H21NO4/c14-9-10(11-3-1-2-6-17-11)12(15)13-4-7-16-8-5-13/h10-11,14H,1-9H2/t10-,11?/m1/s1. The van der Waals surface area contributed by atoms with Crippen molar-refractivity contribution in [3.05, 3.63) is 0 Å². The number of hydrogen-bond donors (Lipinski definition) is 1. The van der Waals surface area contributed by atoms with Crippen molar-refractivity contribution in [2.45, 2.75) is 25.4 Å². The summed E-state index contributed by atoms with van der Waals surface area (Å²) in [5.74, 6) is -0.379. The van der Waals surface area contributed by atoms with Gasteiger partial charge in [0.15, 0.2) is 0 Å². The molecule has 0 aromatic rings. The van der Waals surface area contributed by atoms with E-state index in [-0.39, 0.29) is 18.6 Å². The van der Waals surface area contributed by atoms with E-state index in [4.69, 9.17) is 9.47 Å². The van der Waals surface area contributed by atoms with E-state index >= 15 is 0 Å². The predicted molar refractivity (Wildman–Crippen MR) is 61.6 cm³/mol. The molecule has 1 amide bonds. The summed E-state index contributed by atoms with van der Waals surface area (Å²) in [5, 5.41) is 9.42. The number of ether oxygens (including phenoxy) is 2. The average Bonchev–Trinajstić information content (AvgIpc) is 2.42. The van der Waals surface area contributed by atoms with Crippen molar-refractivity contribution in [1.82, 2.24) is 4.90 Å². The highest BCUT2D eigenvalue weighted by Crippen LogP contribution is 2.22. The molecule has 0 bridgehead atoms. The Kier molecular flexibility index (Phi) is 4.76. The molecule has 2 aliphatic rings. The fourth-order valence-corrected chi connectivity index (χ4v) is 2.46. The van der Waals surface area contributed by atoms with Crippen LogP contribution in [0.4, 0.5) is 0 Å². The second-order valence-electron chi connectivity index (χ2n) is 4.63. The molecule has 2 heterocycles. The molecule has 2 saturated heterocycles. The molecule has 98 valence electrons. The van der Waals surface area contributed by atoms with Gasteiger partial charge in [-0.3, -0.25) is 4.79 Å². The molecule has 1 N–H and O–H groups in total. The highest BCUT2D eigenvalue weighted by Gasteiger charge is 2.33. The maximum absolute atomic E-state index is 12.3. The normalized spacial score (nSPS) is 27.8. The monoisotopic (exact) mass is 243 g/mol. The quantitative estimate of drug-likeness (QED) is 0.759. The molecule has 2 rings (SSSR count). The van der Waals surface area contributed by atoms with Crippen LogP contribution in [0.2, 0.25) is 0 Å². The summed E-state index contributed by atoms with van der Waals surface area (Å²) in [5.41, 5.74) is 0. The highest BCUT2D eigenvalue weighted by molar-refractivity contribution is 5.79. The molecule has 2 atom stereocenters. The fourth-order valence-electron chi connectivity index (χ4n) is 2.46. The third-order valence-electron chi connectivity index (χ3n) is 3.50. The number of aliphatic hydroxyl groups is 1. The van der Waals surface area contributed by atoms with E-state index in [9.17, 15) is 9.90 Å². The summed E-state index contributed by atoms with van der Waals surface area (Å²) in [6.45, 7) is 3.02. The Hall–Kier alpha value is -0.650. The van der Waals surface area contributed by atoms with Gasteiger partial charge in [-0.15, -0.1) is 0 Å². The van der Waals surface area contributed by atoms with Gasteiger partial charge < -0.3 is 19.5 Å². The molecule has 0 aromatic carbocycles. The van der Waals surface area contributed by atoms with E-state index in [1.807, 2.05) is 0 Å². The van der Waals surface area contributed by atoms with Gasteiger partial charge in [0.1, 0.15) is 0 Å². The number of amides is 1. The van der Waals surface area contributed by atoms with Crippen LogP contribution >= 0.6 is 0 Å². The Bertz CT molecular complexity index is 247.